The zero-order valence-electron chi connectivity index (χ0n) is 16.6. The molecule has 0 bridgehead atoms. The maximum atomic E-state index is 13.1. The molecule has 2 aliphatic heterocycles. The molecule has 1 N–H and O–H groups in total. The Morgan fingerprint density at radius 3 is 2.66 bits per heavy atom. The van der Waals surface area contributed by atoms with Crippen LogP contribution in [0.3, 0.4) is 0 Å². The number of carbonyl (C=O) groups excluding carboxylic acids is 2. The zero-order chi connectivity index (χ0) is 22.1. The maximum absolute atomic E-state index is 13.1. The molecule has 2 aliphatic rings. The van der Waals surface area contributed by atoms with Gasteiger partial charge in [-0.1, -0.05) is 12.1 Å². The van der Waals surface area contributed by atoms with Crippen LogP contribution in [0.2, 0.25) is 0 Å². The molecule has 0 fully saturated rings. The van der Waals surface area contributed by atoms with Gasteiger partial charge in [-0.3, -0.25) is 9.59 Å². The molecule has 32 heavy (non-hydrogen) atoms. The fourth-order valence-electron chi connectivity index (χ4n) is 3.29. The summed E-state index contributed by atoms with van der Waals surface area (Å²) in [5, 5.41) is 2.72. The molecule has 0 spiro atoms. The molecule has 160 valence electrons. The molecule has 0 atom stereocenters. The van der Waals surface area contributed by atoms with Gasteiger partial charge in [0.05, 0.1) is 5.56 Å². The van der Waals surface area contributed by atoms with Crippen LogP contribution in [0, 0.1) is 5.82 Å². The van der Waals surface area contributed by atoms with Gasteiger partial charge in [0.2, 0.25) is 12.6 Å². The minimum atomic E-state index is -0.363. The first kappa shape index (κ1) is 19.6. The van der Waals surface area contributed by atoms with Gasteiger partial charge in [-0.05, 0) is 48.0 Å². The van der Waals surface area contributed by atoms with Gasteiger partial charge in [-0.2, -0.15) is 0 Å². The second-order valence-electron chi connectivity index (χ2n) is 7.05. The first-order valence-electron chi connectivity index (χ1n) is 9.71. The average Bonchev–Trinajstić information content (AvgIpc) is 3.38. The van der Waals surface area contributed by atoms with Gasteiger partial charge >= 0.3 is 0 Å². The topological polar surface area (TPSA) is 83.1 Å². The summed E-state index contributed by atoms with van der Waals surface area (Å²) < 4.78 is 34.8. The molecule has 3 aromatic carbocycles. The number of benzene rings is 3. The first-order chi connectivity index (χ1) is 15.5. The largest absolute Gasteiger partial charge is 0.484 e. The molecular weight excluding hydrogens is 417 g/mol. The number of carbonyl (C=O) groups is 2. The summed E-state index contributed by atoms with van der Waals surface area (Å²) in [5.74, 6) is 1.02. The molecular formula is C24H16FNO6. The summed E-state index contributed by atoms with van der Waals surface area (Å²) in [7, 11) is 0. The van der Waals surface area contributed by atoms with Crippen LogP contribution in [0.15, 0.2) is 66.4 Å². The number of ether oxygens (including phenoxy) is 4. The highest BCUT2D eigenvalue weighted by Gasteiger charge is 2.27. The standard InChI is InChI=1S/C24H16FNO6/c25-15-3-1-14(2-4-15)9-22-24(28)18-7-6-17(11-20(18)32-22)29-12-23(27)26-16-5-8-19-21(10-16)31-13-30-19/h1-11H,12-13H2,(H,26,27). The third-order valence-corrected chi connectivity index (χ3v) is 4.84. The van der Waals surface area contributed by atoms with E-state index in [4.69, 9.17) is 18.9 Å². The van der Waals surface area contributed by atoms with Crippen molar-refractivity contribution in [3.8, 4) is 23.0 Å². The van der Waals surface area contributed by atoms with Crippen LogP contribution in [0.4, 0.5) is 10.1 Å². The van der Waals surface area contributed by atoms with E-state index in [0.717, 1.165) is 0 Å². The number of Topliss-reactive ketones (excluding diaryl/α,β-unsaturated/α-hetero) is 1. The van der Waals surface area contributed by atoms with E-state index in [2.05, 4.69) is 5.32 Å². The number of ketones is 1. The van der Waals surface area contributed by atoms with Gasteiger partial charge in [0.1, 0.15) is 17.3 Å². The van der Waals surface area contributed by atoms with Crippen molar-refractivity contribution in [2.75, 3.05) is 18.7 Å². The highest BCUT2D eigenvalue weighted by molar-refractivity contribution is 6.14. The number of nitrogens with one attached hydrogen (secondary N) is 1. The third kappa shape index (κ3) is 3.98. The lowest BCUT2D eigenvalue weighted by molar-refractivity contribution is -0.118. The number of fused-ring (bicyclic) bond motifs is 2. The molecule has 0 aromatic heterocycles. The van der Waals surface area contributed by atoms with Gasteiger partial charge in [0.25, 0.3) is 5.91 Å². The Hall–Kier alpha value is -4.33. The van der Waals surface area contributed by atoms with Crippen LogP contribution >= 0.6 is 0 Å². The molecule has 1 amide bonds. The van der Waals surface area contributed by atoms with Gasteiger partial charge in [-0.15, -0.1) is 0 Å². The first-order valence-corrected chi connectivity index (χ1v) is 9.71. The van der Waals surface area contributed by atoms with E-state index >= 15 is 0 Å². The molecule has 0 aliphatic carbocycles. The lowest BCUT2D eigenvalue weighted by atomic mass is 10.1. The summed E-state index contributed by atoms with van der Waals surface area (Å²) in [4.78, 5) is 24.8. The summed E-state index contributed by atoms with van der Waals surface area (Å²) in [6.07, 6.45) is 1.54. The van der Waals surface area contributed by atoms with E-state index in [1.54, 1.807) is 54.6 Å². The van der Waals surface area contributed by atoms with E-state index in [0.29, 0.717) is 39.8 Å². The van der Waals surface area contributed by atoms with Crippen molar-refractivity contribution in [2.24, 2.45) is 0 Å². The zero-order valence-corrected chi connectivity index (χ0v) is 16.6. The van der Waals surface area contributed by atoms with Crippen LogP contribution in [0.5, 0.6) is 23.0 Å². The fourth-order valence-corrected chi connectivity index (χ4v) is 3.29. The summed E-state index contributed by atoms with van der Waals surface area (Å²) in [5.41, 5.74) is 1.58. The van der Waals surface area contributed by atoms with Crippen LogP contribution < -0.4 is 24.3 Å². The SMILES string of the molecule is O=C(COc1ccc2c(c1)OC(=Cc1ccc(F)cc1)C2=O)Nc1ccc2c(c1)OCO2. The predicted molar refractivity (Wildman–Crippen MR) is 112 cm³/mol. The molecule has 0 saturated heterocycles. The second kappa shape index (κ2) is 8.07. The van der Waals surface area contributed by atoms with Gasteiger partial charge in [-0.25, -0.2) is 4.39 Å². The van der Waals surface area contributed by atoms with Crippen molar-refractivity contribution in [1.29, 1.82) is 0 Å². The maximum Gasteiger partial charge on any atom is 0.262 e. The minimum Gasteiger partial charge on any atom is -0.484 e. The molecule has 8 heteroatoms. The van der Waals surface area contributed by atoms with E-state index in [1.165, 1.54) is 12.1 Å². The van der Waals surface area contributed by atoms with Crippen molar-refractivity contribution < 1.29 is 32.9 Å². The van der Waals surface area contributed by atoms with Crippen molar-refractivity contribution >= 4 is 23.5 Å². The number of rotatable bonds is 5. The van der Waals surface area contributed by atoms with Gasteiger partial charge in [0, 0.05) is 17.8 Å². The lowest BCUT2D eigenvalue weighted by Gasteiger charge is -2.09. The Bertz CT molecular complexity index is 1250. The molecule has 5 rings (SSSR count). The van der Waals surface area contributed by atoms with Crippen LogP contribution in [-0.2, 0) is 4.79 Å². The smallest absolute Gasteiger partial charge is 0.262 e. The van der Waals surface area contributed by atoms with Crippen LogP contribution in [0.25, 0.3) is 6.08 Å². The highest BCUT2D eigenvalue weighted by atomic mass is 19.1. The molecule has 0 unspecified atom stereocenters. The molecule has 0 saturated carbocycles. The summed E-state index contributed by atoms with van der Waals surface area (Å²) in [6.45, 7) is -0.0843. The van der Waals surface area contributed by atoms with Crippen molar-refractivity contribution in [2.45, 2.75) is 0 Å². The van der Waals surface area contributed by atoms with E-state index in [1.807, 2.05) is 0 Å². The Balaban J connectivity index is 1.22. The van der Waals surface area contributed by atoms with Gasteiger partial charge < -0.3 is 24.3 Å². The summed E-state index contributed by atoms with van der Waals surface area (Å²) in [6, 6.07) is 15.5. The molecule has 0 radical (unpaired) electrons. The number of anilines is 1. The molecule has 2 heterocycles. The van der Waals surface area contributed by atoms with Crippen LogP contribution in [0.1, 0.15) is 15.9 Å². The minimum absolute atomic E-state index is 0.129. The van der Waals surface area contributed by atoms with E-state index < -0.39 is 0 Å². The van der Waals surface area contributed by atoms with Crippen LogP contribution in [-0.4, -0.2) is 25.1 Å². The fraction of sp³-hybridized carbons (Fsp3) is 0.0833. The lowest BCUT2D eigenvalue weighted by Crippen LogP contribution is -2.20. The average molecular weight is 433 g/mol. The highest BCUT2D eigenvalue weighted by Crippen LogP contribution is 2.35. The normalized spacial score (nSPS) is 14.8. The second-order valence-corrected chi connectivity index (χ2v) is 7.05. The number of hydrogen-bond donors (Lipinski definition) is 1. The third-order valence-electron chi connectivity index (χ3n) is 4.84. The van der Waals surface area contributed by atoms with E-state index in [9.17, 15) is 14.0 Å². The summed E-state index contributed by atoms with van der Waals surface area (Å²) >= 11 is 0. The predicted octanol–water partition coefficient (Wildman–Crippen LogP) is 4.19. The monoisotopic (exact) mass is 433 g/mol. The van der Waals surface area contributed by atoms with Crippen molar-refractivity contribution in [3.05, 3.63) is 83.4 Å². The Morgan fingerprint density at radius 2 is 1.81 bits per heavy atom. The number of hydrogen-bond acceptors (Lipinski definition) is 6. The van der Waals surface area contributed by atoms with Crippen molar-refractivity contribution in [3.63, 3.8) is 0 Å². The van der Waals surface area contributed by atoms with Crippen molar-refractivity contribution in [1.82, 2.24) is 0 Å². The molecule has 3 aromatic rings. The number of amides is 1. The Morgan fingerprint density at radius 1 is 1.00 bits per heavy atom. The van der Waals surface area contributed by atoms with E-state index in [-0.39, 0.29) is 36.7 Å². The quantitative estimate of drug-likeness (QED) is 0.608. The Labute approximate surface area is 182 Å². The molecule has 7 nitrogen and oxygen atoms in total. The Kier molecular flexibility index (Phi) is 4.95. The number of allylic oxidation sites excluding steroid dienone is 1. The van der Waals surface area contributed by atoms with Gasteiger partial charge in [0.15, 0.2) is 23.9 Å². The number of halogens is 1.